The molecular formula is C13H20N2O3. The highest BCUT2D eigenvalue weighted by Crippen LogP contribution is 2.29. The Morgan fingerprint density at radius 3 is 2.83 bits per heavy atom. The van der Waals surface area contributed by atoms with E-state index >= 15 is 0 Å². The Hall–Kier alpha value is -1.30. The summed E-state index contributed by atoms with van der Waals surface area (Å²) in [6.45, 7) is 0.514. The lowest BCUT2D eigenvalue weighted by Crippen LogP contribution is -2.41. The van der Waals surface area contributed by atoms with Crippen molar-refractivity contribution in [3.63, 3.8) is 0 Å². The zero-order valence-corrected chi connectivity index (χ0v) is 10.3. The molecule has 1 aromatic carbocycles. The molecule has 0 bridgehead atoms. The Bertz CT molecular complexity index is 411. The average molecular weight is 252 g/mol. The number of nitrogens with zero attached hydrogens (tertiary/aromatic N) is 1. The number of hydrogen-bond donors (Lipinski definition) is 4. The van der Waals surface area contributed by atoms with Crippen LogP contribution in [0.25, 0.3) is 0 Å². The molecule has 0 aromatic heterocycles. The summed E-state index contributed by atoms with van der Waals surface area (Å²) in [5.41, 5.74) is 7.95. The van der Waals surface area contributed by atoms with E-state index in [0.29, 0.717) is 11.3 Å². The van der Waals surface area contributed by atoms with Gasteiger partial charge in [0.15, 0.2) is 0 Å². The maximum atomic E-state index is 9.80. The molecule has 2 atom stereocenters. The molecule has 5 heteroatoms. The van der Waals surface area contributed by atoms with E-state index in [1.165, 1.54) is 0 Å². The van der Waals surface area contributed by atoms with Crippen LogP contribution in [0.4, 0.5) is 11.4 Å². The van der Waals surface area contributed by atoms with Gasteiger partial charge in [0.05, 0.1) is 25.4 Å². The second kappa shape index (κ2) is 5.56. The number of rotatable bonds is 4. The molecule has 0 amide bonds. The van der Waals surface area contributed by atoms with Crippen LogP contribution in [-0.2, 0) is 6.61 Å². The van der Waals surface area contributed by atoms with Crippen molar-refractivity contribution in [2.45, 2.75) is 31.6 Å². The minimum atomic E-state index is -0.734. The highest BCUT2D eigenvalue weighted by Gasteiger charge is 2.30. The first-order valence-corrected chi connectivity index (χ1v) is 6.22. The van der Waals surface area contributed by atoms with Crippen LogP contribution in [0.3, 0.4) is 0 Å². The van der Waals surface area contributed by atoms with Gasteiger partial charge in [0.2, 0.25) is 0 Å². The van der Waals surface area contributed by atoms with Gasteiger partial charge >= 0.3 is 0 Å². The monoisotopic (exact) mass is 252 g/mol. The number of nitrogen functional groups attached to an aromatic ring is 1. The summed E-state index contributed by atoms with van der Waals surface area (Å²) in [6, 6.07) is 5.43. The summed E-state index contributed by atoms with van der Waals surface area (Å²) < 4.78 is 0. The van der Waals surface area contributed by atoms with E-state index in [1.54, 1.807) is 6.07 Å². The normalized spacial score (nSPS) is 21.3. The van der Waals surface area contributed by atoms with Crippen LogP contribution in [-0.4, -0.2) is 40.6 Å². The van der Waals surface area contributed by atoms with Crippen molar-refractivity contribution < 1.29 is 15.3 Å². The molecule has 18 heavy (non-hydrogen) atoms. The van der Waals surface area contributed by atoms with Gasteiger partial charge in [0.1, 0.15) is 0 Å². The Balaban J connectivity index is 2.24. The Morgan fingerprint density at radius 1 is 1.39 bits per heavy atom. The van der Waals surface area contributed by atoms with Crippen LogP contribution in [0.1, 0.15) is 18.4 Å². The molecule has 5 nitrogen and oxygen atoms in total. The maximum absolute atomic E-state index is 9.80. The molecular weight excluding hydrogens is 232 g/mol. The van der Waals surface area contributed by atoms with Crippen LogP contribution >= 0.6 is 0 Å². The van der Waals surface area contributed by atoms with Crippen molar-refractivity contribution in [1.82, 2.24) is 0 Å². The number of benzene rings is 1. The molecule has 1 aliphatic heterocycles. The number of aliphatic hydroxyl groups is 3. The SMILES string of the molecule is Nc1ccc(N2CCCC2C(O)CO)cc1CO. The molecule has 1 aromatic rings. The van der Waals surface area contributed by atoms with Gasteiger partial charge in [-0.1, -0.05) is 0 Å². The number of hydrogen-bond acceptors (Lipinski definition) is 5. The lowest BCUT2D eigenvalue weighted by atomic mass is 10.1. The predicted molar refractivity (Wildman–Crippen MR) is 70.2 cm³/mol. The van der Waals surface area contributed by atoms with Crippen LogP contribution in [0.15, 0.2) is 18.2 Å². The Morgan fingerprint density at radius 2 is 2.17 bits per heavy atom. The highest BCUT2D eigenvalue weighted by atomic mass is 16.3. The standard InChI is InChI=1S/C13H20N2O3/c14-11-4-3-10(6-9(11)7-16)15-5-1-2-12(15)13(18)8-17/h3-4,6,12-13,16-18H,1-2,5,7-8,14H2. The molecule has 0 radical (unpaired) electrons. The van der Waals surface area contributed by atoms with Crippen LogP contribution in [0.5, 0.6) is 0 Å². The van der Waals surface area contributed by atoms with Gasteiger partial charge < -0.3 is 26.0 Å². The molecule has 2 unspecified atom stereocenters. The summed E-state index contributed by atoms with van der Waals surface area (Å²) in [4.78, 5) is 2.07. The van der Waals surface area contributed by atoms with Gasteiger partial charge in [0.25, 0.3) is 0 Å². The van der Waals surface area contributed by atoms with Gasteiger partial charge in [-0.2, -0.15) is 0 Å². The first kappa shape index (κ1) is 13.1. The molecule has 1 saturated heterocycles. The molecule has 5 N–H and O–H groups in total. The fourth-order valence-corrected chi connectivity index (χ4v) is 2.54. The van der Waals surface area contributed by atoms with E-state index in [-0.39, 0.29) is 19.3 Å². The van der Waals surface area contributed by atoms with Gasteiger partial charge in [-0.15, -0.1) is 0 Å². The summed E-state index contributed by atoms with van der Waals surface area (Å²) >= 11 is 0. The van der Waals surface area contributed by atoms with E-state index in [9.17, 15) is 10.2 Å². The third-order valence-corrected chi connectivity index (χ3v) is 3.56. The zero-order chi connectivity index (χ0) is 13.1. The fourth-order valence-electron chi connectivity index (χ4n) is 2.54. The minimum Gasteiger partial charge on any atom is -0.398 e. The third kappa shape index (κ3) is 2.43. The van der Waals surface area contributed by atoms with Crippen molar-refractivity contribution in [2.24, 2.45) is 0 Å². The second-order valence-corrected chi connectivity index (χ2v) is 4.69. The molecule has 1 fully saturated rings. The maximum Gasteiger partial charge on any atom is 0.0973 e. The molecule has 0 aliphatic carbocycles. The van der Waals surface area contributed by atoms with Crippen molar-refractivity contribution in [3.8, 4) is 0 Å². The molecule has 2 rings (SSSR count). The third-order valence-electron chi connectivity index (χ3n) is 3.56. The number of aliphatic hydroxyl groups excluding tert-OH is 3. The van der Waals surface area contributed by atoms with E-state index in [1.807, 2.05) is 12.1 Å². The lowest BCUT2D eigenvalue weighted by molar-refractivity contribution is 0.0752. The quantitative estimate of drug-likeness (QED) is 0.570. The van der Waals surface area contributed by atoms with Crippen molar-refractivity contribution >= 4 is 11.4 Å². The fraction of sp³-hybridized carbons (Fsp3) is 0.538. The van der Waals surface area contributed by atoms with Crippen LogP contribution in [0, 0.1) is 0 Å². The molecule has 0 spiro atoms. The van der Waals surface area contributed by atoms with Crippen molar-refractivity contribution in [3.05, 3.63) is 23.8 Å². The topological polar surface area (TPSA) is 90.0 Å². The second-order valence-electron chi connectivity index (χ2n) is 4.69. The summed E-state index contributed by atoms with van der Waals surface area (Å²) in [6.07, 6.45) is 1.11. The summed E-state index contributed by atoms with van der Waals surface area (Å²) in [5, 5.41) is 28.1. The van der Waals surface area contributed by atoms with Gasteiger partial charge in [-0.05, 0) is 31.0 Å². The van der Waals surface area contributed by atoms with Crippen molar-refractivity contribution in [2.75, 3.05) is 23.8 Å². The van der Waals surface area contributed by atoms with E-state index in [2.05, 4.69) is 4.90 Å². The highest BCUT2D eigenvalue weighted by molar-refractivity contribution is 5.59. The molecule has 0 saturated carbocycles. The molecule has 1 heterocycles. The van der Waals surface area contributed by atoms with Gasteiger partial charge in [-0.3, -0.25) is 0 Å². The summed E-state index contributed by atoms with van der Waals surface area (Å²) in [7, 11) is 0. The van der Waals surface area contributed by atoms with Crippen molar-refractivity contribution in [1.29, 1.82) is 0 Å². The van der Waals surface area contributed by atoms with Crippen LogP contribution in [0.2, 0.25) is 0 Å². The van der Waals surface area contributed by atoms with E-state index in [0.717, 1.165) is 25.1 Å². The first-order chi connectivity index (χ1) is 8.67. The van der Waals surface area contributed by atoms with Gasteiger partial charge in [-0.25, -0.2) is 0 Å². The Kier molecular flexibility index (Phi) is 4.06. The lowest BCUT2D eigenvalue weighted by Gasteiger charge is -2.30. The van der Waals surface area contributed by atoms with Crippen LogP contribution < -0.4 is 10.6 Å². The Labute approximate surface area is 106 Å². The minimum absolute atomic E-state index is 0.0647. The van der Waals surface area contributed by atoms with E-state index < -0.39 is 6.10 Å². The summed E-state index contributed by atoms with van der Waals surface area (Å²) in [5.74, 6) is 0. The number of anilines is 2. The smallest absolute Gasteiger partial charge is 0.0973 e. The van der Waals surface area contributed by atoms with Gasteiger partial charge in [0, 0.05) is 23.5 Å². The number of nitrogens with two attached hydrogens (primary N) is 1. The predicted octanol–water partition coefficient (Wildman–Crippen LogP) is 0.0831. The zero-order valence-electron chi connectivity index (χ0n) is 10.3. The largest absolute Gasteiger partial charge is 0.398 e. The van der Waals surface area contributed by atoms with E-state index in [4.69, 9.17) is 10.8 Å². The molecule has 100 valence electrons. The first-order valence-electron chi connectivity index (χ1n) is 6.22. The average Bonchev–Trinajstić information content (AvgIpc) is 2.87. The molecule has 1 aliphatic rings.